The van der Waals surface area contributed by atoms with E-state index in [0.717, 1.165) is 23.2 Å². The van der Waals surface area contributed by atoms with Crippen molar-refractivity contribution in [2.45, 2.75) is 4.90 Å². The third-order valence-corrected chi connectivity index (χ3v) is 6.25. The molecule has 26 heavy (non-hydrogen) atoms. The summed E-state index contributed by atoms with van der Waals surface area (Å²) in [5, 5.41) is 0. The van der Waals surface area contributed by atoms with Gasteiger partial charge < -0.3 is 9.80 Å². The van der Waals surface area contributed by atoms with Crippen molar-refractivity contribution in [1.29, 1.82) is 0 Å². The number of benzene rings is 1. The summed E-state index contributed by atoms with van der Waals surface area (Å²) in [5.74, 6) is 0.831. The number of rotatable bonds is 4. The Hall–Kier alpha value is -2.45. The molecule has 2 heterocycles. The number of carbonyl (C=O) groups is 1. The zero-order valence-corrected chi connectivity index (χ0v) is 15.7. The Bertz CT molecular complexity index is 859. The van der Waals surface area contributed by atoms with Gasteiger partial charge in [0, 0.05) is 52.0 Å². The lowest BCUT2D eigenvalue weighted by molar-refractivity contribution is 0.0746. The molecule has 2 aromatic rings. The summed E-state index contributed by atoms with van der Waals surface area (Å²) < 4.78 is 25.4. The van der Waals surface area contributed by atoms with Crippen LogP contribution in [-0.2, 0) is 10.0 Å². The van der Waals surface area contributed by atoms with Crippen molar-refractivity contribution in [3.8, 4) is 0 Å². The topological polar surface area (TPSA) is 73.8 Å². The highest BCUT2D eigenvalue weighted by Crippen LogP contribution is 2.17. The Kier molecular flexibility index (Phi) is 5.24. The summed E-state index contributed by atoms with van der Waals surface area (Å²) in [4.78, 5) is 21.1. The van der Waals surface area contributed by atoms with Crippen molar-refractivity contribution in [2.75, 3.05) is 45.2 Å². The zero-order valence-electron chi connectivity index (χ0n) is 14.9. The molecule has 7 nitrogen and oxygen atoms in total. The summed E-state index contributed by atoms with van der Waals surface area (Å²) >= 11 is 0. The molecule has 0 atom stereocenters. The van der Waals surface area contributed by atoms with E-state index in [4.69, 9.17) is 0 Å². The number of hydrogen-bond acceptors (Lipinski definition) is 5. The highest BCUT2D eigenvalue weighted by Gasteiger charge is 2.23. The van der Waals surface area contributed by atoms with E-state index in [9.17, 15) is 13.2 Å². The molecule has 138 valence electrons. The maximum absolute atomic E-state index is 12.7. The third-order valence-electron chi connectivity index (χ3n) is 4.42. The predicted molar refractivity (Wildman–Crippen MR) is 99.7 cm³/mol. The van der Waals surface area contributed by atoms with Crippen LogP contribution in [-0.4, -0.2) is 68.8 Å². The van der Waals surface area contributed by atoms with Crippen LogP contribution in [0.5, 0.6) is 0 Å². The van der Waals surface area contributed by atoms with Gasteiger partial charge in [0.15, 0.2) is 0 Å². The lowest BCUT2D eigenvalue weighted by Crippen LogP contribution is -2.49. The van der Waals surface area contributed by atoms with E-state index in [2.05, 4.69) is 9.88 Å². The molecule has 0 saturated carbocycles. The minimum atomic E-state index is -3.49. The summed E-state index contributed by atoms with van der Waals surface area (Å²) in [7, 11) is -0.524. The minimum Gasteiger partial charge on any atom is -0.353 e. The van der Waals surface area contributed by atoms with E-state index in [-0.39, 0.29) is 10.8 Å². The van der Waals surface area contributed by atoms with Gasteiger partial charge >= 0.3 is 0 Å². The smallest absolute Gasteiger partial charge is 0.253 e. The molecular weight excluding hydrogens is 352 g/mol. The lowest BCUT2D eigenvalue weighted by Gasteiger charge is -2.35. The van der Waals surface area contributed by atoms with Gasteiger partial charge in [0.25, 0.3) is 5.91 Å². The van der Waals surface area contributed by atoms with Crippen LogP contribution in [0.2, 0.25) is 0 Å². The maximum Gasteiger partial charge on any atom is 0.253 e. The highest BCUT2D eigenvalue weighted by molar-refractivity contribution is 7.89. The molecule has 0 bridgehead atoms. The number of anilines is 1. The van der Waals surface area contributed by atoms with Crippen LogP contribution in [0.1, 0.15) is 10.4 Å². The van der Waals surface area contributed by atoms with Gasteiger partial charge in [-0.2, -0.15) is 0 Å². The van der Waals surface area contributed by atoms with E-state index in [1.54, 1.807) is 23.2 Å². The first-order valence-corrected chi connectivity index (χ1v) is 9.81. The summed E-state index contributed by atoms with van der Waals surface area (Å²) in [6.45, 7) is 2.64. The average Bonchev–Trinajstić information content (AvgIpc) is 2.68. The first-order chi connectivity index (χ1) is 12.4. The average molecular weight is 374 g/mol. The number of hydrogen-bond donors (Lipinski definition) is 0. The number of aromatic nitrogens is 1. The second-order valence-corrected chi connectivity index (χ2v) is 8.43. The normalized spacial score (nSPS) is 15.3. The van der Waals surface area contributed by atoms with Crippen molar-refractivity contribution in [1.82, 2.24) is 14.2 Å². The Balaban J connectivity index is 1.66. The van der Waals surface area contributed by atoms with Crippen LogP contribution in [0.15, 0.2) is 53.6 Å². The van der Waals surface area contributed by atoms with Gasteiger partial charge in [0.1, 0.15) is 5.82 Å². The highest BCUT2D eigenvalue weighted by atomic mass is 32.2. The second-order valence-electron chi connectivity index (χ2n) is 6.28. The first kappa shape index (κ1) is 18.3. The van der Waals surface area contributed by atoms with Gasteiger partial charge in [0.2, 0.25) is 10.0 Å². The van der Waals surface area contributed by atoms with Gasteiger partial charge in [-0.3, -0.25) is 4.79 Å². The monoisotopic (exact) mass is 374 g/mol. The van der Waals surface area contributed by atoms with Gasteiger partial charge in [-0.25, -0.2) is 17.7 Å². The number of carbonyl (C=O) groups excluding carboxylic acids is 1. The number of amides is 1. The number of piperazine rings is 1. The molecule has 8 heteroatoms. The Morgan fingerprint density at radius 1 is 1.00 bits per heavy atom. The summed E-state index contributed by atoms with van der Waals surface area (Å²) in [6.07, 6.45) is 1.76. The number of nitrogens with zero attached hydrogens (tertiary/aromatic N) is 4. The maximum atomic E-state index is 12.7. The number of sulfonamides is 1. The van der Waals surface area contributed by atoms with Crippen LogP contribution in [0, 0.1) is 0 Å². The molecule has 1 aromatic heterocycles. The predicted octanol–water partition coefficient (Wildman–Crippen LogP) is 1.29. The molecule has 1 aromatic carbocycles. The molecule has 0 unspecified atom stereocenters. The van der Waals surface area contributed by atoms with Gasteiger partial charge in [-0.1, -0.05) is 6.07 Å². The quantitative estimate of drug-likeness (QED) is 0.806. The molecule has 0 N–H and O–H groups in total. The van der Waals surface area contributed by atoms with E-state index in [1.165, 1.54) is 26.2 Å². The summed E-state index contributed by atoms with van der Waals surface area (Å²) in [5.41, 5.74) is 0.494. The SMILES string of the molecule is CN(C)S(=O)(=O)c1ccc(C(=O)N2CCN(c3ccccn3)CC2)cc1. The van der Waals surface area contributed by atoms with Crippen LogP contribution < -0.4 is 4.90 Å². The Morgan fingerprint density at radius 3 is 2.19 bits per heavy atom. The van der Waals surface area contributed by atoms with Gasteiger partial charge in [-0.15, -0.1) is 0 Å². The zero-order chi connectivity index (χ0) is 18.7. The largest absolute Gasteiger partial charge is 0.353 e. The molecule has 0 aliphatic carbocycles. The van der Waals surface area contributed by atoms with E-state index in [1.807, 2.05) is 18.2 Å². The lowest BCUT2D eigenvalue weighted by atomic mass is 10.2. The standard InChI is InChI=1S/C18H22N4O3S/c1-20(2)26(24,25)16-8-6-15(7-9-16)18(23)22-13-11-21(12-14-22)17-5-3-4-10-19-17/h3-10H,11-14H2,1-2H3. The fourth-order valence-corrected chi connectivity index (χ4v) is 3.74. The molecular formula is C18H22N4O3S. The van der Waals surface area contributed by atoms with E-state index >= 15 is 0 Å². The fourth-order valence-electron chi connectivity index (χ4n) is 2.84. The number of pyridine rings is 1. The van der Waals surface area contributed by atoms with E-state index in [0.29, 0.717) is 18.7 Å². The van der Waals surface area contributed by atoms with Crippen LogP contribution in [0.3, 0.4) is 0 Å². The van der Waals surface area contributed by atoms with Gasteiger partial charge in [-0.05, 0) is 36.4 Å². The second kappa shape index (κ2) is 7.43. The molecule has 1 aliphatic heterocycles. The third kappa shape index (κ3) is 3.71. The molecule has 1 aliphatic rings. The molecule has 1 saturated heterocycles. The molecule has 1 amide bonds. The van der Waals surface area contributed by atoms with E-state index < -0.39 is 10.0 Å². The van der Waals surface area contributed by atoms with Crippen LogP contribution in [0.25, 0.3) is 0 Å². The molecule has 3 rings (SSSR count). The van der Waals surface area contributed by atoms with Gasteiger partial charge in [0.05, 0.1) is 4.90 Å². The van der Waals surface area contributed by atoms with Crippen LogP contribution >= 0.6 is 0 Å². The first-order valence-electron chi connectivity index (χ1n) is 8.37. The molecule has 0 spiro atoms. The summed E-state index contributed by atoms with van der Waals surface area (Å²) in [6, 6.07) is 11.9. The minimum absolute atomic E-state index is 0.0838. The van der Waals surface area contributed by atoms with Crippen molar-refractivity contribution in [3.63, 3.8) is 0 Å². The molecule has 1 fully saturated rings. The fraction of sp³-hybridized carbons (Fsp3) is 0.333. The van der Waals surface area contributed by atoms with Crippen molar-refractivity contribution in [3.05, 3.63) is 54.2 Å². The Morgan fingerprint density at radius 2 is 1.65 bits per heavy atom. The van der Waals surface area contributed by atoms with Crippen molar-refractivity contribution < 1.29 is 13.2 Å². The van der Waals surface area contributed by atoms with Crippen LogP contribution in [0.4, 0.5) is 5.82 Å². The Labute approximate surface area is 153 Å². The van der Waals surface area contributed by atoms with Crippen molar-refractivity contribution >= 4 is 21.7 Å². The van der Waals surface area contributed by atoms with Crippen molar-refractivity contribution in [2.24, 2.45) is 0 Å². The molecule has 0 radical (unpaired) electrons.